The number of halogens is 1. The fraction of sp³-hybridized carbons (Fsp3) is 0.550. The fourth-order valence-electron chi connectivity index (χ4n) is 9.33. The number of aryl methyl sites for hydroxylation is 1. The van der Waals surface area contributed by atoms with Crippen molar-refractivity contribution in [3.05, 3.63) is 82.1 Å². The molecule has 48 heavy (non-hydrogen) atoms. The first-order valence-electron chi connectivity index (χ1n) is 18.0. The minimum atomic E-state index is -1.04. The Hall–Kier alpha value is -3.29. The number of benzene rings is 2. The monoisotopic (exact) mass is 671 g/mol. The Balaban J connectivity index is 1.13. The van der Waals surface area contributed by atoms with Crippen molar-refractivity contribution in [3.63, 3.8) is 0 Å². The zero-order valence-electron chi connectivity index (χ0n) is 28.6. The van der Waals surface area contributed by atoms with Crippen LogP contribution in [0.25, 0.3) is 0 Å². The first-order chi connectivity index (χ1) is 23.1. The molecule has 2 fully saturated rings. The molecule has 0 amide bonds. The highest BCUT2D eigenvalue weighted by molar-refractivity contribution is 6.30. The summed E-state index contributed by atoms with van der Waals surface area (Å²) in [5.41, 5.74) is 4.83. The molecule has 256 valence electrons. The quantitative estimate of drug-likeness (QED) is 0.224. The molecule has 8 heteroatoms. The molecule has 1 aromatic heterocycles. The highest BCUT2D eigenvalue weighted by atomic mass is 35.5. The number of carbonyl (C=O) groups is 1. The van der Waals surface area contributed by atoms with Crippen molar-refractivity contribution in [2.45, 2.75) is 101 Å². The third-order valence-corrected chi connectivity index (χ3v) is 12.2. The van der Waals surface area contributed by atoms with Gasteiger partial charge in [-0.2, -0.15) is 0 Å². The molecule has 0 bridgehead atoms. The number of rotatable bonds is 10. The summed E-state index contributed by atoms with van der Waals surface area (Å²) in [6.45, 7) is 7.26. The van der Waals surface area contributed by atoms with Gasteiger partial charge in [0.25, 0.3) is 0 Å². The molecule has 0 radical (unpaired) electrons. The van der Waals surface area contributed by atoms with E-state index in [1.54, 1.807) is 0 Å². The molecule has 7 nitrogen and oxygen atoms in total. The van der Waals surface area contributed by atoms with Gasteiger partial charge in [0.2, 0.25) is 0 Å². The van der Waals surface area contributed by atoms with Crippen LogP contribution in [0, 0.1) is 11.8 Å². The van der Waals surface area contributed by atoms with Crippen LogP contribution in [0.1, 0.15) is 93.5 Å². The largest absolute Gasteiger partial charge is 0.493 e. The van der Waals surface area contributed by atoms with Crippen molar-refractivity contribution >= 4 is 23.3 Å². The van der Waals surface area contributed by atoms with Gasteiger partial charge in [-0.3, -0.25) is 4.98 Å². The van der Waals surface area contributed by atoms with E-state index in [4.69, 9.17) is 21.1 Å². The van der Waals surface area contributed by atoms with E-state index in [0.717, 1.165) is 68.8 Å². The number of likely N-dealkylation sites (tertiary alicyclic amines) is 1. The number of fused-ring (bicyclic) bond motifs is 3. The second kappa shape index (κ2) is 13.5. The third kappa shape index (κ3) is 6.53. The molecule has 1 unspecified atom stereocenters. The van der Waals surface area contributed by atoms with Crippen molar-refractivity contribution in [1.29, 1.82) is 0 Å². The summed E-state index contributed by atoms with van der Waals surface area (Å²) in [7, 11) is 2.15. The Morgan fingerprint density at radius 1 is 1.15 bits per heavy atom. The normalized spacial score (nSPS) is 28.9. The molecular formula is C40H50ClN3O4. The number of aromatic nitrogens is 1. The number of likely N-dealkylation sites (N-methyl/N-ethyl adjacent to an activating group) is 1. The van der Waals surface area contributed by atoms with Crippen LogP contribution in [-0.2, 0) is 23.1 Å². The van der Waals surface area contributed by atoms with Crippen LogP contribution in [0.15, 0.2) is 54.7 Å². The first kappa shape index (κ1) is 33.2. The van der Waals surface area contributed by atoms with Crippen molar-refractivity contribution in [2.75, 3.05) is 32.1 Å². The van der Waals surface area contributed by atoms with Crippen molar-refractivity contribution < 1.29 is 19.4 Å². The summed E-state index contributed by atoms with van der Waals surface area (Å²) >= 11 is 6.28. The highest BCUT2D eigenvalue weighted by Gasteiger charge is 2.54. The number of ether oxygens (including phenoxy) is 2. The van der Waals surface area contributed by atoms with E-state index in [1.165, 1.54) is 35.2 Å². The maximum atomic E-state index is 13.0. The maximum Gasteiger partial charge on any atom is 0.329 e. The predicted octanol–water partition coefficient (Wildman–Crippen LogP) is 8.28. The van der Waals surface area contributed by atoms with Crippen LogP contribution in [0.3, 0.4) is 0 Å². The van der Waals surface area contributed by atoms with E-state index in [0.29, 0.717) is 42.2 Å². The number of nitrogens with one attached hydrogen (secondary N) is 1. The minimum Gasteiger partial charge on any atom is -0.493 e. The Kier molecular flexibility index (Phi) is 9.38. The van der Waals surface area contributed by atoms with Crippen LogP contribution in [0.2, 0.25) is 5.02 Å². The Bertz CT molecular complexity index is 1640. The molecule has 1 aliphatic heterocycles. The SMILES string of the molecule is C[C@@H](COc1ccnc2c1[C@H](C)CCC2)CC1Cc2ccc(O[C@H]3CCN(C)C3)cc2C12CCC(Nc1cccc(Cl)c1)(C(=O)O)CC2. The predicted molar refractivity (Wildman–Crippen MR) is 191 cm³/mol. The van der Waals surface area contributed by atoms with Gasteiger partial charge < -0.3 is 24.8 Å². The standard InChI is InChI=1S/C40H50ClN3O4/c1-26(25-47-36-12-18-42-35-9-4-6-27(2)37(35)36)20-29-21-28-10-11-32(48-33-13-19-44(3)24-33)23-34(28)39(29)14-16-40(17-15-39,38(45)46)43-31-8-5-7-30(41)22-31/h5,7-8,10-12,18,22-23,26-27,29,33,43H,4,6,9,13-17,19-21,24-25H2,1-3H3,(H,45,46)/t26-,27-,29?,33+,39?,40?/m1/s1. The lowest BCUT2D eigenvalue weighted by atomic mass is 9.59. The lowest BCUT2D eigenvalue weighted by Crippen LogP contribution is -2.53. The van der Waals surface area contributed by atoms with E-state index in [2.05, 4.69) is 54.3 Å². The van der Waals surface area contributed by atoms with Gasteiger partial charge in [-0.15, -0.1) is 0 Å². The number of pyridine rings is 1. The van der Waals surface area contributed by atoms with Gasteiger partial charge >= 0.3 is 5.97 Å². The molecule has 7 rings (SSSR count). The zero-order chi connectivity index (χ0) is 33.5. The van der Waals surface area contributed by atoms with Crippen molar-refractivity contribution in [2.24, 2.45) is 11.8 Å². The lowest BCUT2D eigenvalue weighted by molar-refractivity contribution is -0.144. The van der Waals surface area contributed by atoms with Gasteiger partial charge in [0.1, 0.15) is 23.1 Å². The third-order valence-electron chi connectivity index (χ3n) is 11.9. The number of carboxylic acids is 1. The van der Waals surface area contributed by atoms with Crippen molar-refractivity contribution in [1.82, 2.24) is 9.88 Å². The summed E-state index contributed by atoms with van der Waals surface area (Å²) in [6.07, 6.45) is 11.2. The average molecular weight is 672 g/mol. The summed E-state index contributed by atoms with van der Waals surface area (Å²) in [5.74, 6) is 2.34. The molecule has 1 saturated carbocycles. The number of hydrogen-bond donors (Lipinski definition) is 2. The average Bonchev–Trinajstić information content (AvgIpc) is 3.60. The molecule has 2 heterocycles. The fourth-order valence-corrected chi connectivity index (χ4v) is 9.52. The van der Waals surface area contributed by atoms with Gasteiger partial charge in [0.05, 0.1) is 6.61 Å². The number of hydrogen-bond acceptors (Lipinski definition) is 6. The van der Waals surface area contributed by atoms with E-state index >= 15 is 0 Å². The van der Waals surface area contributed by atoms with Gasteiger partial charge in [-0.05, 0) is 142 Å². The van der Waals surface area contributed by atoms with Gasteiger partial charge in [-0.25, -0.2) is 4.79 Å². The molecule has 1 spiro atoms. The molecule has 1 saturated heterocycles. The molecule has 3 aromatic rings. The first-order valence-corrected chi connectivity index (χ1v) is 18.4. The van der Waals surface area contributed by atoms with Gasteiger partial charge in [-0.1, -0.05) is 37.6 Å². The van der Waals surface area contributed by atoms with Gasteiger partial charge in [0, 0.05) is 41.3 Å². The van der Waals surface area contributed by atoms with Crippen molar-refractivity contribution in [3.8, 4) is 11.5 Å². The molecule has 2 N–H and O–H groups in total. The smallest absolute Gasteiger partial charge is 0.329 e. The van der Waals surface area contributed by atoms with E-state index in [-0.39, 0.29) is 11.5 Å². The topological polar surface area (TPSA) is 83.9 Å². The second-order valence-electron chi connectivity index (χ2n) is 15.3. The molecule has 4 atom stereocenters. The van der Waals surface area contributed by atoms with Crippen LogP contribution < -0.4 is 14.8 Å². The Labute approximate surface area is 290 Å². The number of anilines is 1. The number of aliphatic carboxylic acids is 1. The summed E-state index contributed by atoms with van der Waals surface area (Å²) in [5, 5.41) is 14.6. The van der Waals surface area contributed by atoms with Crippen LogP contribution in [0.5, 0.6) is 11.5 Å². The second-order valence-corrected chi connectivity index (χ2v) is 15.7. The van der Waals surface area contributed by atoms with Crippen LogP contribution in [0.4, 0.5) is 5.69 Å². The lowest BCUT2D eigenvalue weighted by Gasteiger charge is -2.47. The molecule has 2 aromatic carbocycles. The molecular weight excluding hydrogens is 622 g/mol. The highest BCUT2D eigenvalue weighted by Crippen LogP contribution is 2.57. The summed E-state index contributed by atoms with van der Waals surface area (Å²) in [4.78, 5) is 19.9. The number of nitrogens with zero attached hydrogens (tertiary/aromatic N) is 2. The van der Waals surface area contributed by atoms with Crippen LogP contribution in [-0.4, -0.2) is 59.3 Å². The Morgan fingerprint density at radius 3 is 2.73 bits per heavy atom. The molecule has 3 aliphatic carbocycles. The maximum absolute atomic E-state index is 13.0. The minimum absolute atomic E-state index is 0.116. The van der Waals surface area contributed by atoms with E-state index in [1.807, 2.05) is 36.5 Å². The van der Waals surface area contributed by atoms with Gasteiger partial charge in [0.15, 0.2) is 0 Å². The van der Waals surface area contributed by atoms with E-state index < -0.39 is 11.5 Å². The number of carboxylic acid groups (broad SMARTS) is 1. The Morgan fingerprint density at radius 2 is 1.98 bits per heavy atom. The summed E-state index contributed by atoms with van der Waals surface area (Å²) in [6, 6.07) is 16.2. The van der Waals surface area contributed by atoms with E-state index in [9.17, 15) is 9.90 Å². The zero-order valence-corrected chi connectivity index (χ0v) is 29.4. The molecule has 4 aliphatic rings. The summed E-state index contributed by atoms with van der Waals surface area (Å²) < 4.78 is 13.1. The van der Waals surface area contributed by atoms with Crippen LogP contribution >= 0.6 is 11.6 Å².